The third-order valence-electron chi connectivity index (χ3n) is 1.14. The molecule has 0 atom stereocenters. The predicted octanol–water partition coefficient (Wildman–Crippen LogP) is 0.365. The zero-order valence-electron chi connectivity index (χ0n) is 8.91. The molecule has 0 spiro atoms. The molecule has 0 bridgehead atoms. The summed E-state index contributed by atoms with van der Waals surface area (Å²) in [5.74, 6) is -2.20. The lowest BCUT2D eigenvalue weighted by Gasteiger charge is -1.94. The molecule has 0 aliphatic heterocycles. The van der Waals surface area contributed by atoms with Crippen LogP contribution in [-0.2, 0) is 9.59 Å². The van der Waals surface area contributed by atoms with Crippen molar-refractivity contribution in [2.24, 2.45) is 0 Å². The van der Waals surface area contributed by atoms with E-state index in [9.17, 15) is 9.59 Å². The maximum absolute atomic E-state index is 9.78. The van der Waals surface area contributed by atoms with Gasteiger partial charge in [0.15, 0.2) is 6.29 Å². The van der Waals surface area contributed by atoms with Crippen molar-refractivity contribution in [3.05, 3.63) is 24.3 Å². The molecule has 0 aromatic carbocycles. The zero-order valence-corrected chi connectivity index (χ0v) is 8.91. The van der Waals surface area contributed by atoms with Crippen molar-refractivity contribution >= 4 is 11.9 Å². The molecule has 16 heavy (non-hydrogen) atoms. The second-order valence-corrected chi connectivity index (χ2v) is 2.66. The van der Waals surface area contributed by atoms with E-state index in [1.54, 1.807) is 0 Å². The van der Waals surface area contributed by atoms with Gasteiger partial charge in [0.05, 0.1) is 0 Å². The van der Waals surface area contributed by atoms with Crippen LogP contribution in [0.2, 0.25) is 0 Å². The van der Waals surface area contributed by atoms with Crippen molar-refractivity contribution in [1.29, 1.82) is 0 Å². The third kappa shape index (κ3) is 22.8. The van der Waals surface area contributed by atoms with Gasteiger partial charge in [0.1, 0.15) is 0 Å². The molecule has 0 aliphatic carbocycles. The first-order valence-electron chi connectivity index (χ1n) is 4.56. The maximum atomic E-state index is 9.78. The number of allylic oxidation sites excluding steroid dienone is 2. The van der Waals surface area contributed by atoms with Gasteiger partial charge >= 0.3 is 11.9 Å². The molecule has 0 fully saturated rings. The Labute approximate surface area is 93.2 Å². The fourth-order valence-corrected chi connectivity index (χ4v) is 0.534. The molecule has 0 aromatic rings. The van der Waals surface area contributed by atoms with E-state index in [-0.39, 0.29) is 0 Å². The Hall–Kier alpha value is -1.66. The lowest BCUT2D eigenvalue weighted by molar-refractivity contribution is -0.132. The van der Waals surface area contributed by atoms with Crippen LogP contribution < -0.4 is 0 Å². The molecule has 0 aliphatic rings. The molecule has 0 heterocycles. The average Bonchev–Trinajstić information content (AvgIpc) is 2.12. The summed E-state index contributed by atoms with van der Waals surface area (Å²) in [6.07, 6.45) is 4.18. The quantitative estimate of drug-likeness (QED) is 0.309. The second-order valence-electron chi connectivity index (χ2n) is 2.66. The number of aliphatic hydroxyl groups is 2. The number of carboxylic acid groups (broad SMARTS) is 2. The van der Waals surface area contributed by atoms with Crippen LogP contribution in [0.5, 0.6) is 0 Å². The first-order valence-corrected chi connectivity index (χ1v) is 4.56. The molecule has 0 aromatic heterocycles. The lowest BCUT2D eigenvalue weighted by Crippen LogP contribution is -2.01. The van der Waals surface area contributed by atoms with E-state index in [2.05, 4.69) is 0 Å². The molecular formula is C10H16O6. The summed E-state index contributed by atoms with van der Waals surface area (Å²) in [4.78, 5) is 19.6. The molecule has 0 unspecified atom stereocenters. The minimum atomic E-state index is -1.10. The molecule has 92 valence electrons. The van der Waals surface area contributed by atoms with Gasteiger partial charge in [-0.1, -0.05) is 25.5 Å². The number of hydrogen-bond acceptors (Lipinski definition) is 4. The molecule has 0 saturated carbocycles. The molecule has 0 saturated heterocycles. The minimum absolute atomic E-state index is 0.486. The predicted molar refractivity (Wildman–Crippen MR) is 56.7 cm³/mol. The largest absolute Gasteiger partial charge is 0.478 e. The number of aliphatic carboxylic acids is 2. The highest BCUT2D eigenvalue weighted by molar-refractivity contribution is 5.82. The first kappa shape index (κ1) is 16.8. The molecule has 6 nitrogen and oxygen atoms in total. The van der Waals surface area contributed by atoms with E-state index >= 15 is 0 Å². The van der Waals surface area contributed by atoms with E-state index in [0.717, 1.165) is 30.7 Å². The van der Waals surface area contributed by atoms with Crippen molar-refractivity contribution in [3.8, 4) is 0 Å². The highest BCUT2D eigenvalue weighted by Crippen LogP contribution is 1.88. The minimum Gasteiger partial charge on any atom is -0.478 e. The van der Waals surface area contributed by atoms with Gasteiger partial charge in [0.25, 0.3) is 0 Å². The van der Waals surface area contributed by atoms with Crippen LogP contribution >= 0.6 is 0 Å². The maximum Gasteiger partial charge on any atom is 0.328 e. The van der Waals surface area contributed by atoms with Crippen molar-refractivity contribution < 1.29 is 30.0 Å². The van der Waals surface area contributed by atoms with Crippen LogP contribution in [0.15, 0.2) is 24.3 Å². The highest BCUT2D eigenvalue weighted by atomic mass is 16.5. The molecule has 0 rings (SSSR count). The van der Waals surface area contributed by atoms with Crippen LogP contribution in [0.25, 0.3) is 0 Å². The Balaban J connectivity index is 0. The Morgan fingerprint density at radius 2 is 1.44 bits per heavy atom. The van der Waals surface area contributed by atoms with Gasteiger partial charge in [-0.15, -0.1) is 0 Å². The smallest absolute Gasteiger partial charge is 0.328 e. The monoisotopic (exact) mass is 232 g/mol. The van der Waals surface area contributed by atoms with E-state index in [1.807, 2.05) is 6.92 Å². The number of rotatable bonds is 5. The molecule has 6 heteroatoms. The molecule has 0 amide bonds. The van der Waals surface area contributed by atoms with E-state index < -0.39 is 18.2 Å². The van der Waals surface area contributed by atoms with Gasteiger partial charge in [-0.2, -0.15) is 0 Å². The Morgan fingerprint density at radius 3 is 1.56 bits per heavy atom. The third-order valence-corrected chi connectivity index (χ3v) is 1.14. The number of aliphatic hydroxyl groups excluding tert-OH is 1. The van der Waals surface area contributed by atoms with Gasteiger partial charge in [0.2, 0.25) is 0 Å². The summed E-state index contributed by atoms with van der Waals surface area (Å²) in [5.41, 5.74) is 0. The summed E-state index contributed by atoms with van der Waals surface area (Å²) in [5, 5.41) is 32.2. The summed E-state index contributed by atoms with van der Waals surface area (Å²) in [6, 6.07) is 0. The Morgan fingerprint density at radius 1 is 1.06 bits per heavy atom. The fraction of sp³-hybridized carbons (Fsp3) is 0.400. The molecular weight excluding hydrogens is 216 g/mol. The van der Waals surface area contributed by atoms with Gasteiger partial charge in [0, 0.05) is 12.2 Å². The number of carbonyl (C=O) groups is 2. The number of hydrogen-bond donors (Lipinski definition) is 4. The molecule has 0 radical (unpaired) electrons. The van der Waals surface area contributed by atoms with E-state index in [0.29, 0.717) is 6.42 Å². The van der Waals surface area contributed by atoms with E-state index in [1.165, 1.54) is 0 Å². The first-order chi connectivity index (χ1) is 7.40. The highest BCUT2D eigenvalue weighted by Gasteiger charge is 1.89. The van der Waals surface area contributed by atoms with Gasteiger partial charge in [-0.05, 0) is 6.42 Å². The van der Waals surface area contributed by atoms with Crippen LogP contribution in [0.3, 0.4) is 0 Å². The van der Waals surface area contributed by atoms with Crippen LogP contribution in [0, 0.1) is 0 Å². The van der Waals surface area contributed by atoms with Crippen molar-refractivity contribution in [1.82, 2.24) is 0 Å². The van der Waals surface area contributed by atoms with Crippen LogP contribution in [0.1, 0.15) is 19.8 Å². The van der Waals surface area contributed by atoms with Crippen molar-refractivity contribution in [2.45, 2.75) is 26.1 Å². The lowest BCUT2D eigenvalue weighted by atomic mass is 10.3. The van der Waals surface area contributed by atoms with Gasteiger partial charge in [-0.3, -0.25) is 0 Å². The Bertz CT molecular complexity index is 232. The second kappa shape index (κ2) is 11.4. The SMILES string of the molecule is CCCC(O)O.O=C(O)/C=C/C=C/C(=O)O. The number of carboxylic acids is 2. The normalized spacial score (nSPS) is 10.5. The fourth-order valence-electron chi connectivity index (χ4n) is 0.534. The standard InChI is InChI=1S/C6H6O4.C4H10O2/c7-5(8)3-1-2-4-6(9)10;1-2-3-4(5)6/h1-4H,(H,7,8)(H,9,10);4-6H,2-3H2,1H3/b3-1+,4-2+;. The summed E-state index contributed by atoms with van der Waals surface area (Å²) in [6.45, 7) is 1.90. The average molecular weight is 232 g/mol. The van der Waals surface area contributed by atoms with E-state index in [4.69, 9.17) is 20.4 Å². The zero-order chi connectivity index (χ0) is 13.0. The van der Waals surface area contributed by atoms with Gasteiger partial charge in [-0.25, -0.2) is 9.59 Å². The molecule has 4 N–H and O–H groups in total. The van der Waals surface area contributed by atoms with Crippen molar-refractivity contribution in [3.63, 3.8) is 0 Å². The topological polar surface area (TPSA) is 115 Å². The summed E-state index contributed by atoms with van der Waals surface area (Å²) >= 11 is 0. The summed E-state index contributed by atoms with van der Waals surface area (Å²) in [7, 11) is 0. The van der Waals surface area contributed by atoms with Crippen LogP contribution in [-0.4, -0.2) is 38.7 Å². The van der Waals surface area contributed by atoms with Crippen LogP contribution in [0.4, 0.5) is 0 Å². The van der Waals surface area contributed by atoms with Crippen molar-refractivity contribution in [2.75, 3.05) is 0 Å². The Kier molecular flexibility index (Phi) is 12.0. The summed E-state index contributed by atoms with van der Waals surface area (Å²) < 4.78 is 0. The van der Waals surface area contributed by atoms with Gasteiger partial charge < -0.3 is 20.4 Å².